The lowest BCUT2D eigenvalue weighted by Crippen LogP contribution is -2.36. The van der Waals surface area contributed by atoms with Crippen molar-refractivity contribution in [2.24, 2.45) is 5.92 Å². The summed E-state index contributed by atoms with van der Waals surface area (Å²) in [7, 11) is 0. The van der Waals surface area contributed by atoms with Crippen LogP contribution in [-0.4, -0.2) is 34.6 Å². The van der Waals surface area contributed by atoms with Gasteiger partial charge < -0.3 is 9.64 Å². The second kappa shape index (κ2) is 7.46. The number of hydrogen-bond acceptors (Lipinski definition) is 6. The van der Waals surface area contributed by atoms with E-state index < -0.39 is 0 Å². The molecule has 1 saturated heterocycles. The predicted molar refractivity (Wildman–Crippen MR) is 98.4 cm³/mol. The molecule has 3 heterocycles. The van der Waals surface area contributed by atoms with Gasteiger partial charge in [0.1, 0.15) is 18.2 Å². The van der Waals surface area contributed by atoms with E-state index in [9.17, 15) is 0 Å². The van der Waals surface area contributed by atoms with Gasteiger partial charge in [-0.15, -0.1) is 0 Å². The molecule has 1 aliphatic heterocycles. The molecule has 0 unspecified atom stereocenters. The predicted octanol–water partition coefficient (Wildman–Crippen LogP) is 3.57. The summed E-state index contributed by atoms with van der Waals surface area (Å²) in [6.45, 7) is 2.43. The molecule has 2 fully saturated rings. The van der Waals surface area contributed by atoms with Crippen LogP contribution < -0.4 is 9.64 Å². The first-order valence-electron chi connectivity index (χ1n) is 8.98. The van der Waals surface area contributed by atoms with Gasteiger partial charge in [-0.3, -0.25) is 0 Å². The first kappa shape index (κ1) is 17.0. The molecule has 2 aromatic heterocycles. The van der Waals surface area contributed by atoms with E-state index in [0.29, 0.717) is 34.9 Å². The van der Waals surface area contributed by atoms with E-state index in [-0.39, 0.29) is 0 Å². The molecule has 0 spiro atoms. The zero-order chi connectivity index (χ0) is 17.9. The average molecular weight is 370 g/mol. The Labute approximate surface area is 157 Å². The monoisotopic (exact) mass is 369 g/mol. The fraction of sp³-hybridized carbons (Fsp3) is 0.474. The van der Waals surface area contributed by atoms with Gasteiger partial charge in [0.15, 0.2) is 0 Å². The Morgan fingerprint density at radius 1 is 1.15 bits per heavy atom. The Morgan fingerprint density at radius 3 is 2.65 bits per heavy atom. The number of aromatic nitrogens is 3. The number of rotatable bonds is 5. The van der Waals surface area contributed by atoms with E-state index in [1.807, 2.05) is 6.07 Å². The highest BCUT2D eigenvalue weighted by Gasteiger charge is 2.26. The highest BCUT2D eigenvalue weighted by molar-refractivity contribution is 6.33. The number of hydrogen-bond donors (Lipinski definition) is 0. The van der Waals surface area contributed by atoms with Gasteiger partial charge in [-0.25, -0.2) is 15.0 Å². The quantitative estimate of drug-likeness (QED) is 0.802. The highest BCUT2D eigenvalue weighted by atomic mass is 35.5. The smallest absolute Gasteiger partial charge is 0.216 e. The van der Waals surface area contributed by atoms with Crippen molar-refractivity contribution in [2.45, 2.75) is 31.6 Å². The second-order valence-corrected chi connectivity index (χ2v) is 7.35. The number of halogens is 1. The lowest BCUT2D eigenvalue weighted by atomic mass is 9.98. The Balaban J connectivity index is 1.30. The summed E-state index contributed by atoms with van der Waals surface area (Å²) in [4.78, 5) is 15.1. The molecular formula is C19H20ClN5O. The van der Waals surface area contributed by atoms with Crippen molar-refractivity contribution in [3.05, 3.63) is 40.9 Å². The van der Waals surface area contributed by atoms with Crippen LogP contribution in [0.1, 0.15) is 42.9 Å². The van der Waals surface area contributed by atoms with E-state index in [0.717, 1.165) is 37.4 Å². The Bertz CT molecular complexity index is 825. The summed E-state index contributed by atoms with van der Waals surface area (Å²) in [5, 5.41) is 9.45. The molecular weight excluding hydrogens is 350 g/mol. The molecule has 0 bridgehead atoms. The molecule has 26 heavy (non-hydrogen) atoms. The lowest BCUT2D eigenvalue weighted by Gasteiger charge is -2.33. The Hall–Kier alpha value is -2.39. The maximum absolute atomic E-state index is 8.92. The van der Waals surface area contributed by atoms with Crippen LogP contribution in [-0.2, 0) is 0 Å². The van der Waals surface area contributed by atoms with Crippen molar-refractivity contribution >= 4 is 17.4 Å². The van der Waals surface area contributed by atoms with E-state index in [1.165, 1.54) is 12.8 Å². The summed E-state index contributed by atoms with van der Waals surface area (Å²) >= 11 is 6.27. The zero-order valence-corrected chi connectivity index (χ0v) is 15.2. The highest BCUT2D eigenvalue weighted by Crippen LogP contribution is 2.39. The zero-order valence-electron chi connectivity index (χ0n) is 14.4. The van der Waals surface area contributed by atoms with Crippen LogP contribution in [0.25, 0.3) is 0 Å². The largest absolute Gasteiger partial charge is 0.477 e. The minimum Gasteiger partial charge on any atom is -0.477 e. The summed E-state index contributed by atoms with van der Waals surface area (Å²) in [5.74, 6) is 2.53. The van der Waals surface area contributed by atoms with Gasteiger partial charge in [0.05, 0.1) is 22.9 Å². The number of anilines is 1. The molecule has 1 saturated carbocycles. The fourth-order valence-corrected chi connectivity index (χ4v) is 3.56. The van der Waals surface area contributed by atoms with Gasteiger partial charge in [0, 0.05) is 31.3 Å². The molecule has 0 aromatic carbocycles. The number of nitrogens with zero attached hydrogens (tertiary/aromatic N) is 5. The van der Waals surface area contributed by atoms with Gasteiger partial charge in [0.25, 0.3) is 0 Å². The minimum absolute atomic E-state index is 0.484. The van der Waals surface area contributed by atoms with E-state index in [2.05, 4.69) is 25.9 Å². The number of ether oxygens (including phenoxy) is 1. The summed E-state index contributed by atoms with van der Waals surface area (Å²) in [6.07, 6.45) is 7.64. The van der Waals surface area contributed by atoms with Gasteiger partial charge in [-0.05, 0) is 37.7 Å². The maximum atomic E-state index is 8.92. The van der Waals surface area contributed by atoms with Gasteiger partial charge >= 0.3 is 0 Å². The first-order chi connectivity index (χ1) is 12.7. The Kier molecular flexibility index (Phi) is 4.89. The molecule has 2 aromatic rings. The summed E-state index contributed by atoms with van der Waals surface area (Å²) < 4.78 is 5.91. The lowest BCUT2D eigenvalue weighted by molar-refractivity contribution is 0.215. The molecule has 0 radical (unpaired) electrons. The van der Waals surface area contributed by atoms with Crippen molar-refractivity contribution in [2.75, 3.05) is 24.6 Å². The number of nitriles is 1. The third kappa shape index (κ3) is 3.88. The van der Waals surface area contributed by atoms with E-state index in [4.69, 9.17) is 21.6 Å². The van der Waals surface area contributed by atoms with Gasteiger partial charge in [-0.2, -0.15) is 5.26 Å². The summed E-state index contributed by atoms with van der Waals surface area (Å²) in [6, 6.07) is 5.71. The second-order valence-electron chi connectivity index (χ2n) is 6.94. The van der Waals surface area contributed by atoms with Crippen LogP contribution in [0.2, 0.25) is 5.02 Å². The molecule has 7 heteroatoms. The van der Waals surface area contributed by atoms with Crippen LogP contribution >= 0.6 is 11.6 Å². The standard InChI is InChI=1S/C19H20ClN5O/c20-16-7-14(9-21)10-22-19(16)25-5-3-13(4-6-25)11-26-18-8-17(15-1-2-15)23-12-24-18/h7-8,10,12-13,15H,1-6,11H2. The van der Waals surface area contributed by atoms with Crippen molar-refractivity contribution in [3.8, 4) is 11.9 Å². The van der Waals surface area contributed by atoms with Crippen LogP contribution in [0.15, 0.2) is 24.7 Å². The molecule has 2 aliphatic rings. The van der Waals surface area contributed by atoms with Gasteiger partial charge in [-0.1, -0.05) is 11.6 Å². The maximum Gasteiger partial charge on any atom is 0.216 e. The normalized spacial score (nSPS) is 17.8. The van der Waals surface area contributed by atoms with Crippen LogP contribution in [0.4, 0.5) is 5.82 Å². The van der Waals surface area contributed by atoms with Crippen LogP contribution in [0, 0.1) is 17.2 Å². The first-order valence-corrected chi connectivity index (χ1v) is 9.36. The van der Waals surface area contributed by atoms with Crippen LogP contribution in [0.5, 0.6) is 5.88 Å². The molecule has 4 rings (SSSR count). The number of piperidine rings is 1. The molecule has 134 valence electrons. The molecule has 0 atom stereocenters. The van der Waals surface area contributed by atoms with Crippen molar-refractivity contribution in [1.82, 2.24) is 15.0 Å². The molecule has 0 amide bonds. The van der Waals surface area contributed by atoms with Crippen LogP contribution in [0.3, 0.4) is 0 Å². The third-order valence-corrected chi connectivity index (χ3v) is 5.27. The fourth-order valence-electron chi connectivity index (χ4n) is 3.27. The van der Waals surface area contributed by atoms with Crippen molar-refractivity contribution in [1.29, 1.82) is 5.26 Å². The summed E-state index contributed by atoms with van der Waals surface area (Å²) in [5.41, 5.74) is 1.59. The SMILES string of the molecule is N#Cc1cnc(N2CCC(COc3cc(C4CC4)ncn3)CC2)c(Cl)c1. The molecule has 0 N–H and O–H groups in total. The topological polar surface area (TPSA) is 74.9 Å². The third-order valence-electron chi connectivity index (χ3n) is 4.99. The Morgan fingerprint density at radius 2 is 1.96 bits per heavy atom. The van der Waals surface area contributed by atoms with Crippen molar-refractivity contribution in [3.63, 3.8) is 0 Å². The molecule has 6 nitrogen and oxygen atoms in total. The van der Waals surface area contributed by atoms with Gasteiger partial charge in [0.2, 0.25) is 5.88 Å². The molecule has 1 aliphatic carbocycles. The van der Waals surface area contributed by atoms with E-state index in [1.54, 1.807) is 18.6 Å². The number of pyridine rings is 1. The average Bonchev–Trinajstić information content (AvgIpc) is 3.52. The van der Waals surface area contributed by atoms with Crippen molar-refractivity contribution < 1.29 is 4.74 Å². The minimum atomic E-state index is 0.484. The van der Waals surface area contributed by atoms with E-state index >= 15 is 0 Å².